The summed E-state index contributed by atoms with van der Waals surface area (Å²) in [6.45, 7) is 0. The lowest BCUT2D eigenvalue weighted by Gasteiger charge is -2.04. The molecule has 0 bridgehead atoms. The van der Waals surface area contributed by atoms with Crippen LogP contribution in [-0.2, 0) is 0 Å². The molecule has 1 rings (SSSR count). The second-order valence-corrected chi connectivity index (χ2v) is 3.26. The lowest BCUT2D eigenvalue weighted by molar-refractivity contribution is -0.385. The summed E-state index contributed by atoms with van der Waals surface area (Å²) < 4.78 is 4.88. The van der Waals surface area contributed by atoms with Crippen molar-refractivity contribution in [1.29, 1.82) is 0 Å². The topological polar surface area (TPSA) is 92.8 Å². The van der Waals surface area contributed by atoms with Crippen molar-refractivity contribution in [2.45, 2.75) is 0 Å². The Morgan fingerprint density at radius 3 is 2.57 bits per heavy atom. The molecule has 0 radical (unpaired) electrons. The molecule has 8 heteroatoms. The fraction of sp³-hybridized carbons (Fsp3) is 0. The SMILES string of the molecule is O=[N+]([O-])c1cc(Br)cc(OB(O)O)c1. The van der Waals surface area contributed by atoms with Crippen molar-refractivity contribution in [1.82, 2.24) is 0 Å². The molecule has 14 heavy (non-hydrogen) atoms. The summed E-state index contributed by atoms with van der Waals surface area (Å²) in [5, 5.41) is 27.3. The van der Waals surface area contributed by atoms with Gasteiger partial charge in [-0.25, -0.2) is 0 Å². The zero-order valence-electron chi connectivity index (χ0n) is 6.75. The van der Waals surface area contributed by atoms with E-state index in [-0.39, 0.29) is 11.4 Å². The Balaban J connectivity index is 3.01. The average Bonchev–Trinajstić information content (AvgIpc) is 2.01. The second kappa shape index (κ2) is 4.40. The summed E-state index contributed by atoms with van der Waals surface area (Å²) >= 11 is 3.02. The van der Waals surface area contributed by atoms with E-state index in [2.05, 4.69) is 20.6 Å². The van der Waals surface area contributed by atoms with Crippen molar-refractivity contribution in [3.8, 4) is 5.75 Å². The summed E-state index contributed by atoms with van der Waals surface area (Å²) in [7, 11) is -2.00. The van der Waals surface area contributed by atoms with Gasteiger partial charge < -0.3 is 14.7 Å². The molecule has 1 aromatic rings. The van der Waals surface area contributed by atoms with E-state index in [0.29, 0.717) is 4.47 Å². The van der Waals surface area contributed by atoms with Crippen molar-refractivity contribution in [2.24, 2.45) is 0 Å². The first kappa shape index (κ1) is 11.0. The highest BCUT2D eigenvalue weighted by atomic mass is 79.9. The van der Waals surface area contributed by atoms with Crippen molar-refractivity contribution in [3.63, 3.8) is 0 Å². The monoisotopic (exact) mass is 261 g/mol. The van der Waals surface area contributed by atoms with Crippen LogP contribution in [0.5, 0.6) is 5.75 Å². The van der Waals surface area contributed by atoms with Gasteiger partial charge in [0.25, 0.3) is 5.69 Å². The van der Waals surface area contributed by atoms with E-state index in [1.807, 2.05) is 0 Å². The summed E-state index contributed by atoms with van der Waals surface area (Å²) in [6.07, 6.45) is 0. The molecular weight excluding hydrogens is 257 g/mol. The predicted molar refractivity (Wildman–Crippen MR) is 51.6 cm³/mol. The van der Waals surface area contributed by atoms with E-state index in [4.69, 9.17) is 10.0 Å². The highest BCUT2D eigenvalue weighted by molar-refractivity contribution is 9.10. The van der Waals surface area contributed by atoms with Gasteiger partial charge in [-0.1, -0.05) is 15.9 Å². The minimum Gasteiger partial charge on any atom is -0.512 e. The summed E-state index contributed by atoms with van der Waals surface area (Å²) in [4.78, 5) is 9.79. The minimum absolute atomic E-state index is 0.000995. The minimum atomic E-state index is -2.00. The molecule has 0 aliphatic carbocycles. The number of non-ortho nitro benzene ring substituents is 1. The Morgan fingerprint density at radius 1 is 1.43 bits per heavy atom. The Bertz CT molecular complexity index is 358. The first-order valence-corrected chi connectivity index (χ1v) is 4.26. The van der Waals surface area contributed by atoms with Crippen LogP contribution in [0.25, 0.3) is 0 Å². The first-order chi connectivity index (χ1) is 6.49. The third kappa shape index (κ3) is 2.98. The molecule has 6 nitrogen and oxygen atoms in total. The van der Waals surface area contributed by atoms with Crippen LogP contribution in [0.4, 0.5) is 5.69 Å². The highest BCUT2D eigenvalue weighted by Gasteiger charge is 2.15. The van der Waals surface area contributed by atoms with E-state index < -0.39 is 12.2 Å². The number of rotatable bonds is 3. The summed E-state index contributed by atoms with van der Waals surface area (Å²) in [6, 6.07) is 3.74. The van der Waals surface area contributed by atoms with Crippen molar-refractivity contribution < 1.29 is 19.6 Å². The molecule has 0 saturated heterocycles. The van der Waals surface area contributed by atoms with Gasteiger partial charge >= 0.3 is 7.32 Å². The van der Waals surface area contributed by atoms with E-state index in [1.54, 1.807) is 0 Å². The zero-order valence-corrected chi connectivity index (χ0v) is 8.34. The molecule has 0 spiro atoms. The Kier molecular flexibility index (Phi) is 3.45. The number of hydrogen-bond donors (Lipinski definition) is 2. The average molecular weight is 262 g/mol. The molecule has 0 unspecified atom stereocenters. The molecule has 0 aromatic heterocycles. The number of nitro benzene ring substituents is 1. The van der Waals surface area contributed by atoms with Crippen molar-refractivity contribution in [2.75, 3.05) is 0 Å². The van der Waals surface area contributed by atoms with Crippen LogP contribution in [0, 0.1) is 10.1 Å². The Morgan fingerprint density at radius 2 is 2.07 bits per heavy atom. The molecular formula is C6H5BBrNO5. The molecule has 0 saturated carbocycles. The van der Waals surface area contributed by atoms with Crippen LogP contribution in [-0.4, -0.2) is 22.3 Å². The maximum absolute atomic E-state index is 10.4. The summed E-state index contributed by atoms with van der Waals surface area (Å²) in [5.41, 5.74) is -0.199. The molecule has 74 valence electrons. The van der Waals surface area contributed by atoms with Crippen molar-refractivity contribution in [3.05, 3.63) is 32.8 Å². The largest absolute Gasteiger partial charge is 0.707 e. The van der Waals surface area contributed by atoms with E-state index in [1.165, 1.54) is 12.1 Å². The Hall–Kier alpha value is -1.12. The van der Waals surface area contributed by atoms with E-state index in [9.17, 15) is 10.1 Å². The van der Waals surface area contributed by atoms with Gasteiger partial charge in [-0.05, 0) is 6.07 Å². The van der Waals surface area contributed by atoms with Crippen LogP contribution in [0.3, 0.4) is 0 Å². The predicted octanol–water partition coefficient (Wildman–Crippen LogP) is 0.706. The van der Waals surface area contributed by atoms with Crippen LogP contribution in [0.2, 0.25) is 0 Å². The van der Waals surface area contributed by atoms with Crippen LogP contribution in [0.1, 0.15) is 0 Å². The van der Waals surface area contributed by atoms with Gasteiger partial charge in [-0.15, -0.1) is 0 Å². The quantitative estimate of drug-likeness (QED) is 0.475. The molecule has 1 aromatic carbocycles. The number of nitrogens with zero attached hydrogens (tertiary/aromatic N) is 1. The smallest absolute Gasteiger partial charge is 0.512 e. The third-order valence-corrected chi connectivity index (χ3v) is 1.77. The lowest BCUT2D eigenvalue weighted by Crippen LogP contribution is -2.20. The molecule has 0 heterocycles. The van der Waals surface area contributed by atoms with Crippen LogP contribution < -0.4 is 4.65 Å². The molecule has 2 N–H and O–H groups in total. The maximum Gasteiger partial charge on any atom is 0.707 e. The van der Waals surface area contributed by atoms with Crippen molar-refractivity contribution >= 4 is 28.9 Å². The van der Waals surface area contributed by atoms with Gasteiger partial charge in [0, 0.05) is 10.5 Å². The maximum atomic E-state index is 10.4. The van der Waals surface area contributed by atoms with Gasteiger partial charge in [-0.3, -0.25) is 10.1 Å². The standard InChI is InChI=1S/C6H5BBrNO5/c8-4-1-5(9(12)13)3-6(2-4)14-7(10)11/h1-3,10-11H. The number of benzene rings is 1. The van der Waals surface area contributed by atoms with Gasteiger partial charge in [-0.2, -0.15) is 0 Å². The van der Waals surface area contributed by atoms with E-state index >= 15 is 0 Å². The van der Waals surface area contributed by atoms with Gasteiger partial charge in [0.1, 0.15) is 5.75 Å². The fourth-order valence-electron chi connectivity index (χ4n) is 0.843. The van der Waals surface area contributed by atoms with Gasteiger partial charge in [0.2, 0.25) is 0 Å². The fourth-order valence-corrected chi connectivity index (χ4v) is 1.30. The summed E-state index contributed by atoms with van der Waals surface area (Å²) in [5.74, 6) is 0.000995. The van der Waals surface area contributed by atoms with Crippen LogP contribution in [0.15, 0.2) is 22.7 Å². The number of hydrogen-bond acceptors (Lipinski definition) is 5. The molecule has 0 amide bonds. The third-order valence-electron chi connectivity index (χ3n) is 1.31. The lowest BCUT2D eigenvalue weighted by atomic mass is 10.2. The normalized spacial score (nSPS) is 9.64. The Labute approximate surface area is 87.6 Å². The number of nitro groups is 1. The van der Waals surface area contributed by atoms with Gasteiger partial charge in [0.15, 0.2) is 0 Å². The van der Waals surface area contributed by atoms with Gasteiger partial charge in [0.05, 0.1) is 11.0 Å². The van der Waals surface area contributed by atoms with E-state index in [0.717, 1.165) is 6.07 Å². The highest BCUT2D eigenvalue weighted by Crippen LogP contribution is 2.26. The first-order valence-electron chi connectivity index (χ1n) is 3.47. The van der Waals surface area contributed by atoms with Crippen LogP contribution >= 0.6 is 15.9 Å². The number of halogens is 1. The molecule has 0 aliphatic rings. The zero-order chi connectivity index (χ0) is 10.7. The molecule has 0 aliphatic heterocycles. The molecule has 0 fully saturated rings. The second-order valence-electron chi connectivity index (χ2n) is 2.35. The molecule has 0 atom stereocenters.